The number of carboxylic acids is 3. The Balaban J connectivity index is 2.99. The average Bonchev–Trinajstić information content (AvgIpc) is 3.04. The van der Waals surface area contributed by atoms with Crippen LogP contribution in [0.25, 0.3) is 0 Å². The number of ether oxygens (including phenoxy) is 1. The molecular formula is C30H58N8O16P2. The Morgan fingerprint density at radius 3 is 1.43 bits per heavy atom. The van der Waals surface area contributed by atoms with Crippen LogP contribution in [-0.4, -0.2) is 226 Å². The molecule has 1 rings (SSSR count). The second-order valence-corrected chi connectivity index (χ2v) is 16.6. The van der Waals surface area contributed by atoms with E-state index >= 15 is 0 Å². The molecule has 56 heavy (non-hydrogen) atoms. The van der Waals surface area contributed by atoms with Gasteiger partial charge in [0.2, 0.25) is 17.7 Å². The van der Waals surface area contributed by atoms with E-state index in [1.165, 1.54) is 7.11 Å². The molecule has 0 spiro atoms. The molecule has 0 aromatic carbocycles. The monoisotopic (exact) mass is 848 g/mol. The van der Waals surface area contributed by atoms with Crippen LogP contribution in [0.4, 0.5) is 0 Å². The lowest BCUT2D eigenvalue weighted by Crippen LogP contribution is -2.52. The van der Waals surface area contributed by atoms with E-state index in [2.05, 4.69) is 16.0 Å². The van der Waals surface area contributed by atoms with Gasteiger partial charge in [-0.2, -0.15) is 0 Å². The van der Waals surface area contributed by atoms with Crippen molar-refractivity contribution < 1.29 is 77.5 Å². The molecule has 0 aromatic rings. The fraction of sp³-hybridized carbons (Fsp3) is 0.800. The summed E-state index contributed by atoms with van der Waals surface area (Å²) in [7, 11) is -7.97. The number of nitrogens with one attached hydrogen (secondary N) is 3. The molecule has 0 unspecified atom stereocenters. The summed E-state index contributed by atoms with van der Waals surface area (Å²) in [4.78, 5) is 118. The fourth-order valence-electron chi connectivity index (χ4n) is 5.67. The van der Waals surface area contributed by atoms with E-state index < -0.39 is 76.0 Å². The molecule has 1 aliphatic rings. The molecule has 3 amide bonds. The van der Waals surface area contributed by atoms with Crippen molar-refractivity contribution in [1.29, 1.82) is 0 Å². The molecule has 1 aliphatic heterocycles. The van der Waals surface area contributed by atoms with Crippen molar-refractivity contribution >= 4 is 50.8 Å². The maximum absolute atomic E-state index is 13.4. The van der Waals surface area contributed by atoms with Crippen LogP contribution in [0.3, 0.4) is 0 Å². The van der Waals surface area contributed by atoms with Gasteiger partial charge in [0.15, 0.2) is 0 Å². The summed E-state index contributed by atoms with van der Waals surface area (Å²) in [5.41, 5.74) is 0. The van der Waals surface area contributed by atoms with Crippen LogP contribution in [-0.2, 0) is 42.6 Å². The van der Waals surface area contributed by atoms with Gasteiger partial charge in [-0.3, -0.25) is 62.4 Å². The van der Waals surface area contributed by atoms with Gasteiger partial charge in [-0.1, -0.05) is 0 Å². The van der Waals surface area contributed by atoms with Crippen LogP contribution in [0, 0.1) is 0 Å². The van der Waals surface area contributed by atoms with Crippen molar-refractivity contribution in [1.82, 2.24) is 40.4 Å². The lowest BCUT2D eigenvalue weighted by Gasteiger charge is -2.33. The Morgan fingerprint density at radius 2 is 1.04 bits per heavy atom. The number of unbranched alkanes of at least 4 members (excludes halogenated alkanes) is 1. The van der Waals surface area contributed by atoms with Gasteiger partial charge < -0.3 is 55.6 Å². The van der Waals surface area contributed by atoms with Crippen molar-refractivity contribution in [2.24, 2.45) is 0 Å². The average molecular weight is 849 g/mol. The van der Waals surface area contributed by atoms with Crippen molar-refractivity contribution in [3.63, 3.8) is 0 Å². The van der Waals surface area contributed by atoms with Crippen LogP contribution in [0.15, 0.2) is 0 Å². The first kappa shape index (κ1) is 50.9. The molecule has 0 saturated carbocycles. The highest BCUT2D eigenvalue weighted by Crippen LogP contribution is 2.40. The number of rotatable bonds is 25. The van der Waals surface area contributed by atoms with Crippen LogP contribution in [0.2, 0.25) is 0 Å². The Morgan fingerprint density at radius 1 is 0.625 bits per heavy atom. The summed E-state index contributed by atoms with van der Waals surface area (Å²) < 4.78 is 27.7. The smallest absolute Gasteiger partial charge is 0.339 e. The van der Waals surface area contributed by atoms with Crippen LogP contribution >= 0.6 is 15.2 Å². The van der Waals surface area contributed by atoms with E-state index in [4.69, 9.17) is 4.74 Å². The van der Waals surface area contributed by atoms with Gasteiger partial charge in [0, 0.05) is 79.2 Å². The standard InChI is InChI=1S/C30H58N8O16P2/c1-54-16-4-7-32-30(47)24(5-2-3-6-31-25(39)17-38(22-55(48,49)50)23-56(51,52)53)33-26(40)18-34-8-10-35(19-27(41)42)12-14-37(21-29(45)46)15-13-36(11-9-34)20-28(43)44/h24H,2-23H2,1H3,(H,31,39)(H,32,47)(H,33,40)(H,41,42)(H,43,44)(H,45,46)(H2,48,49,50)(H2,51,52,53)/t24-/m1/s1. The van der Waals surface area contributed by atoms with Crippen molar-refractivity contribution in [2.45, 2.75) is 31.7 Å². The van der Waals surface area contributed by atoms with Gasteiger partial charge in [0.05, 0.1) is 32.7 Å². The highest BCUT2D eigenvalue weighted by molar-refractivity contribution is 7.52. The zero-order chi connectivity index (χ0) is 42.3. The van der Waals surface area contributed by atoms with E-state index in [0.29, 0.717) is 30.8 Å². The third-order valence-corrected chi connectivity index (χ3v) is 9.76. The predicted molar refractivity (Wildman–Crippen MR) is 197 cm³/mol. The van der Waals surface area contributed by atoms with Crippen LogP contribution in [0.1, 0.15) is 25.7 Å². The van der Waals surface area contributed by atoms with Crippen molar-refractivity contribution in [2.75, 3.05) is 124 Å². The number of hydrogen-bond acceptors (Lipinski definition) is 14. The number of aliphatic carboxylic acids is 3. The first-order valence-electron chi connectivity index (χ1n) is 17.8. The zero-order valence-electron chi connectivity index (χ0n) is 31.6. The molecule has 0 bridgehead atoms. The quantitative estimate of drug-likeness (QED) is 0.0309. The molecule has 0 radical (unpaired) electrons. The van der Waals surface area contributed by atoms with Gasteiger partial charge in [-0.15, -0.1) is 0 Å². The normalized spacial score (nSPS) is 16.7. The summed E-state index contributed by atoms with van der Waals surface area (Å²) in [5, 5.41) is 36.2. The molecule has 24 nitrogen and oxygen atoms in total. The van der Waals surface area contributed by atoms with E-state index in [9.17, 15) is 72.8 Å². The van der Waals surface area contributed by atoms with E-state index in [1.54, 1.807) is 19.6 Å². The largest absolute Gasteiger partial charge is 0.480 e. The van der Waals surface area contributed by atoms with Gasteiger partial charge in [0.25, 0.3) is 0 Å². The number of carboxylic acid groups (broad SMARTS) is 3. The van der Waals surface area contributed by atoms with Gasteiger partial charge in [-0.25, -0.2) is 0 Å². The van der Waals surface area contributed by atoms with E-state index in [0.717, 1.165) is 0 Å². The topological polar surface area (TPSA) is 340 Å². The van der Waals surface area contributed by atoms with Crippen LogP contribution in [0.5, 0.6) is 0 Å². The highest BCUT2D eigenvalue weighted by atomic mass is 31.2. The summed E-state index contributed by atoms with van der Waals surface area (Å²) in [6, 6.07) is -1.01. The number of carbonyl (C=O) groups excluding carboxylic acids is 3. The molecule has 1 fully saturated rings. The zero-order valence-corrected chi connectivity index (χ0v) is 33.4. The first-order valence-corrected chi connectivity index (χ1v) is 21.4. The summed E-state index contributed by atoms with van der Waals surface area (Å²) in [6.45, 7) is 0.317. The number of hydrogen-bond donors (Lipinski definition) is 10. The molecular weight excluding hydrogens is 790 g/mol. The van der Waals surface area contributed by atoms with Crippen LogP contribution < -0.4 is 16.0 Å². The second-order valence-electron chi connectivity index (χ2n) is 13.3. The fourth-order valence-corrected chi connectivity index (χ4v) is 7.27. The molecule has 10 N–H and O–H groups in total. The summed E-state index contributed by atoms with van der Waals surface area (Å²) >= 11 is 0. The minimum absolute atomic E-state index is 0.0378. The van der Waals surface area contributed by atoms with E-state index in [1.807, 2.05) is 0 Å². The number of amides is 3. The summed E-state index contributed by atoms with van der Waals surface area (Å²) in [5.74, 6) is -5.05. The Labute approximate surface area is 324 Å². The third kappa shape index (κ3) is 26.7. The number of carbonyl (C=O) groups is 6. The van der Waals surface area contributed by atoms with Gasteiger partial charge >= 0.3 is 33.1 Å². The highest BCUT2D eigenvalue weighted by Gasteiger charge is 2.28. The number of nitrogens with zero attached hydrogens (tertiary/aromatic N) is 5. The first-order chi connectivity index (χ1) is 26.1. The second kappa shape index (κ2) is 26.7. The lowest BCUT2D eigenvalue weighted by molar-refractivity contribution is -0.140. The predicted octanol–water partition coefficient (Wildman–Crippen LogP) is -4.04. The van der Waals surface area contributed by atoms with Crippen molar-refractivity contribution in [3.05, 3.63) is 0 Å². The summed E-state index contributed by atoms with van der Waals surface area (Å²) in [6.07, 6.45) is -0.858. The van der Waals surface area contributed by atoms with Crippen molar-refractivity contribution in [3.8, 4) is 0 Å². The lowest BCUT2D eigenvalue weighted by atomic mass is 10.1. The van der Waals surface area contributed by atoms with Gasteiger partial charge in [0.1, 0.15) is 18.6 Å². The van der Waals surface area contributed by atoms with E-state index in [-0.39, 0.29) is 98.0 Å². The maximum atomic E-state index is 13.4. The minimum Gasteiger partial charge on any atom is -0.480 e. The number of methoxy groups -OCH3 is 1. The SMILES string of the molecule is COCCCNC(=O)[C@@H](CCCCNC(=O)CN(CP(=O)(O)O)CP(=O)(O)O)NC(=O)CN1CCN(CC(=O)O)CCN(CC(=O)O)CCN(CC(=O)O)CC1. The molecule has 26 heteroatoms. The molecule has 1 atom stereocenters. The Bertz CT molecular complexity index is 1310. The molecule has 0 aromatic heterocycles. The molecule has 0 aliphatic carbocycles. The molecule has 324 valence electrons. The van der Waals surface area contributed by atoms with Gasteiger partial charge in [-0.05, 0) is 25.7 Å². The third-order valence-electron chi connectivity index (χ3n) is 8.23. The molecule has 1 saturated heterocycles. The Kier molecular flexibility index (Phi) is 24.3. The minimum atomic E-state index is -4.74. The molecule has 1 heterocycles. The Hall–Kier alpha value is -3.12. The maximum Gasteiger partial charge on any atom is 0.339 e.